The van der Waals surface area contributed by atoms with Gasteiger partial charge in [-0.25, -0.2) is 4.98 Å². The van der Waals surface area contributed by atoms with Crippen LogP contribution in [-0.4, -0.2) is 28.8 Å². The molecule has 1 amide bonds. The van der Waals surface area contributed by atoms with Crippen LogP contribution >= 0.6 is 0 Å². The number of amides is 1. The lowest BCUT2D eigenvalue weighted by Crippen LogP contribution is -2.24. The Hall–Kier alpha value is -3.67. The number of hydrogen-bond donors (Lipinski definition) is 2. The number of ketones is 1. The van der Waals surface area contributed by atoms with Crippen molar-refractivity contribution in [3.63, 3.8) is 0 Å². The highest BCUT2D eigenvalue weighted by Gasteiger charge is 2.13. The fourth-order valence-electron chi connectivity index (χ4n) is 3.25. The molecule has 0 aliphatic carbocycles. The highest BCUT2D eigenvalue weighted by Crippen LogP contribution is 2.31. The van der Waals surface area contributed by atoms with Gasteiger partial charge in [0.15, 0.2) is 5.78 Å². The van der Waals surface area contributed by atoms with E-state index in [2.05, 4.69) is 4.98 Å². The Bertz CT molecular complexity index is 1060. The summed E-state index contributed by atoms with van der Waals surface area (Å²) in [6, 6.07) is 15.9. The molecule has 0 aliphatic heterocycles. The van der Waals surface area contributed by atoms with E-state index in [1.807, 2.05) is 37.3 Å². The van der Waals surface area contributed by atoms with E-state index >= 15 is 0 Å². The first kappa shape index (κ1) is 21.0. The van der Waals surface area contributed by atoms with Gasteiger partial charge in [-0.15, -0.1) is 0 Å². The number of phenolic OH excluding ortho intramolecular Hbond substituents is 1. The smallest absolute Gasteiger partial charge is 0.226 e. The summed E-state index contributed by atoms with van der Waals surface area (Å²) in [5.41, 5.74) is 9.31. The Kier molecular flexibility index (Phi) is 6.47. The van der Waals surface area contributed by atoms with E-state index in [0.717, 1.165) is 16.8 Å². The molecular weight excluding hydrogens is 378 g/mol. The van der Waals surface area contributed by atoms with E-state index in [-0.39, 0.29) is 23.9 Å². The van der Waals surface area contributed by atoms with Gasteiger partial charge in [0.05, 0.1) is 0 Å². The number of nitrogens with two attached hydrogens (primary N) is 1. The van der Waals surface area contributed by atoms with E-state index in [1.165, 1.54) is 6.07 Å². The number of aromatic hydroxyl groups is 1. The molecule has 0 bridgehead atoms. The van der Waals surface area contributed by atoms with Gasteiger partial charge in [0.1, 0.15) is 11.6 Å². The SMILES string of the molecule is CCC(=O)N(C)c1ccc(-c2ccc(C(=O)CCc3cccnc3N)cc2O)cc1. The number of nitrogens with zero attached hydrogens (tertiary/aromatic N) is 2. The fraction of sp³-hybridized carbons (Fsp3) is 0.208. The number of benzene rings is 2. The number of aromatic nitrogens is 1. The number of rotatable bonds is 7. The molecular formula is C24H25N3O3. The topological polar surface area (TPSA) is 96.5 Å². The summed E-state index contributed by atoms with van der Waals surface area (Å²) in [6.07, 6.45) is 2.82. The van der Waals surface area contributed by atoms with Crippen molar-refractivity contribution in [2.45, 2.75) is 26.2 Å². The Morgan fingerprint density at radius 1 is 1.10 bits per heavy atom. The number of nitrogen functional groups attached to an aromatic ring is 1. The summed E-state index contributed by atoms with van der Waals surface area (Å²) in [6.45, 7) is 1.82. The van der Waals surface area contributed by atoms with E-state index in [1.54, 1.807) is 36.3 Å². The van der Waals surface area contributed by atoms with Gasteiger partial charge in [0.2, 0.25) is 5.91 Å². The molecule has 30 heavy (non-hydrogen) atoms. The highest BCUT2D eigenvalue weighted by molar-refractivity contribution is 5.97. The van der Waals surface area contributed by atoms with Crippen molar-refractivity contribution in [1.82, 2.24) is 4.98 Å². The first-order valence-electron chi connectivity index (χ1n) is 9.83. The molecule has 1 aromatic heterocycles. The quantitative estimate of drug-likeness (QED) is 0.576. The molecule has 3 rings (SSSR count). The molecule has 0 saturated carbocycles. The molecule has 3 aromatic rings. The minimum atomic E-state index is -0.0739. The standard InChI is InChI=1S/C24H25N3O3/c1-3-23(30)27(2)19-10-6-16(7-11-19)20-12-8-18(15-22(20)29)21(28)13-9-17-5-4-14-26-24(17)25/h4-8,10-12,14-15,29H,3,9,13H2,1-2H3,(H2,25,26). The van der Waals surface area contributed by atoms with Crippen LogP contribution in [0.5, 0.6) is 5.75 Å². The first-order valence-corrected chi connectivity index (χ1v) is 9.83. The molecule has 6 nitrogen and oxygen atoms in total. The van der Waals surface area contributed by atoms with Crippen molar-refractivity contribution in [3.05, 3.63) is 71.9 Å². The summed E-state index contributed by atoms with van der Waals surface area (Å²) in [4.78, 5) is 30.0. The first-order chi connectivity index (χ1) is 14.4. The molecule has 2 aromatic carbocycles. The van der Waals surface area contributed by atoms with Crippen LogP contribution in [0.2, 0.25) is 0 Å². The van der Waals surface area contributed by atoms with Gasteiger partial charge in [-0.05, 0) is 47.9 Å². The van der Waals surface area contributed by atoms with Crippen molar-refractivity contribution < 1.29 is 14.7 Å². The van der Waals surface area contributed by atoms with Gasteiger partial charge in [0.25, 0.3) is 0 Å². The molecule has 0 aliphatic rings. The van der Waals surface area contributed by atoms with Crippen molar-refractivity contribution in [3.8, 4) is 16.9 Å². The van der Waals surface area contributed by atoms with Gasteiger partial charge < -0.3 is 15.7 Å². The van der Waals surface area contributed by atoms with Gasteiger partial charge in [0, 0.05) is 42.9 Å². The van der Waals surface area contributed by atoms with Crippen LogP contribution in [0.1, 0.15) is 35.7 Å². The molecule has 0 fully saturated rings. The number of pyridine rings is 1. The lowest BCUT2D eigenvalue weighted by atomic mass is 9.98. The predicted octanol–water partition coefficient (Wildman–Crippen LogP) is 4.22. The number of phenols is 1. The Morgan fingerprint density at radius 2 is 1.83 bits per heavy atom. The predicted molar refractivity (Wildman–Crippen MR) is 119 cm³/mol. The third-order valence-corrected chi connectivity index (χ3v) is 5.11. The average Bonchev–Trinajstić information content (AvgIpc) is 2.77. The number of carbonyl (C=O) groups excluding carboxylic acids is 2. The van der Waals surface area contributed by atoms with E-state index in [4.69, 9.17) is 5.73 Å². The maximum Gasteiger partial charge on any atom is 0.226 e. The fourth-order valence-corrected chi connectivity index (χ4v) is 3.25. The number of aryl methyl sites for hydroxylation is 1. The number of hydrogen-bond acceptors (Lipinski definition) is 5. The number of anilines is 2. The van der Waals surface area contributed by atoms with Crippen LogP contribution in [0.3, 0.4) is 0 Å². The zero-order valence-electron chi connectivity index (χ0n) is 17.1. The zero-order chi connectivity index (χ0) is 21.7. The van der Waals surface area contributed by atoms with Gasteiger partial charge >= 0.3 is 0 Å². The summed E-state index contributed by atoms with van der Waals surface area (Å²) in [5.74, 6) is 0.419. The highest BCUT2D eigenvalue weighted by atomic mass is 16.3. The molecule has 6 heteroatoms. The third-order valence-electron chi connectivity index (χ3n) is 5.11. The second kappa shape index (κ2) is 9.22. The number of Topliss-reactive ketones (excluding diaryl/α,β-unsaturated/α-hetero) is 1. The van der Waals surface area contributed by atoms with Crippen LogP contribution in [0, 0.1) is 0 Å². The van der Waals surface area contributed by atoms with Crippen LogP contribution in [-0.2, 0) is 11.2 Å². The number of carbonyl (C=O) groups is 2. The van der Waals surface area contributed by atoms with Crippen molar-refractivity contribution in [2.75, 3.05) is 17.7 Å². The molecule has 154 valence electrons. The molecule has 0 atom stereocenters. The van der Waals surface area contributed by atoms with Gasteiger partial charge in [-0.2, -0.15) is 0 Å². The second-order valence-electron chi connectivity index (χ2n) is 7.06. The molecule has 1 heterocycles. The van der Waals surface area contributed by atoms with Crippen LogP contribution in [0.25, 0.3) is 11.1 Å². The third kappa shape index (κ3) is 4.66. The molecule has 0 spiro atoms. The summed E-state index contributed by atoms with van der Waals surface area (Å²) < 4.78 is 0. The average molecular weight is 403 g/mol. The molecule has 3 N–H and O–H groups in total. The van der Waals surface area contributed by atoms with Crippen LogP contribution in [0.15, 0.2) is 60.8 Å². The Balaban J connectivity index is 1.72. The normalized spacial score (nSPS) is 10.6. The van der Waals surface area contributed by atoms with Gasteiger partial charge in [-0.3, -0.25) is 9.59 Å². The maximum atomic E-state index is 12.5. The molecule has 0 saturated heterocycles. The van der Waals surface area contributed by atoms with Crippen molar-refractivity contribution >= 4 is 23.2 Å². The summed E-state index contributed by atoms with van der Waals surface area (Å²) in [5, 5.41) is 10.5. The van der Waals surface area contributed by atoms with Crippen molar-refractivity contribution in [2.24, 2.45) is 0 Å². The largest absolute Gasteiger partial charge is 0.507 e. The summed E-state index contributed by atoms with van der Waals surface area (Å²) >= 11 is 0. The van der Waals surface area contributed by atoms with Crippen molar-refractivity contribution in [1.29, 1.82) is 0 Å². The maximum absolute atomic E-state index is 12.5. The van der Waals surface area contributed by atoms with Crippen LogP contribution in [0.4, 0.5) is 11.5 Å². The minimum absolute atomic E-state index is 0.0292. The lowest BCUT2D eigenvalue weighted by Gasteiger charge is -2.17. The molecule has 0 radical (unpaired) electrons. The second-order valence-corrected chi connectivity index (χ2v) is 7.06. The monoisotopic (exact) mass is 403 g/mol. The van der Waals surface area contributed by atoms with Crippen LogP contribution < -0.4 is 10.6 Å². The lowest BCUT2D eigenvalue weighted by molar-refractivity contribution is -0.118. The van der Waals surface area contributed by atoms with E-state index in [9.17, 15) is 14.7 Å². The molecule has 0 unspecified atom stereocenters. The minimum Gasteiger partial charge on any atom is -0.507 e. The Morgan fingerprint density at radius 3 is 2.47 bits per heavy atom. The van der Waals surface area contributed by atoms with E-state index < -0.39 is 0 Å². The van der Waals surface area contributed by atoms with E-state index in [0.29, 0.717) is 29.8 Å². The van der Waals surface area contributed by atoms with Gasteiger partial charge in [-0.1, -0.05) is 31.2 Å². The zero-order valence-corrected chi connectivity index (χ0v) is 17.1. The Labute approximate surface area is 176 Å². The summed E-state index contributed by atoms with van der Waals surface area (Å²) in [7, 11) is 1.73.